The number of nitriles is 1. The molecule has 0 radical (unpaired) electrons. The highest BCUT2D eigenvalue weighted by Gasteiger charge is 2.17. The minimum absolute atomic E-state index is 0.405. The molecular weight excluding hydrogens is 320 g/mol. The van der Waals surface area contributed by atoms with Crippen LogP contribution < -0.4 is 0 Å². The molecule has 5 heteroatoms. The molecule has 0 aliphatic carbocycles. The predicted octanol–water partition coefficient (Wildman–Crippen LogP) is 3.74. The number of carbonyl (C=O) groups is 1. The number of rotatable bonds is 1. The Balaban J connectivity index is 2.44. The van der Waals surface area contributed by atoms with Gasteiger partial charge in [0.15, 0.2) is 0 Å². The Bertz CT molecular complexity index is 890. The van der Waals surface area contributed by atoms with Crippen molar-refractivity contribution in [3.05, 3.63) is 45.9 Å². The van der Waals surface area contributed by atoms with Gasteiger partial charge < -0.3 is 9.72 Å². The molecule has 1 heterocycles. The summed E-state index contributed by atoms with van der Waals surface area (Å²) in [6, 6.07) is 11.2. The maximum Gasteiger partial charge on any atom is 0.339 e. The van der Waals surface area contributed by atoms with Gasteiger partial charge in [0.05, 0.1) is 34.3 Å². The molecule has 4 nitrogen and oxygen atoms in total. The Hall–Kier alpha value is -2.32. The fraction of sp³-hybridized carbons (Fsp3) is 0.0667. The molecule has 0 aliphatic rings. The first-order chi connectivity index (χ1) is 9.67. The largest absolute Gasteiger partial charge is 0.465 e. The number of methoxy groups -OCH3 is 1. The first-order valence-corrected chi connectivity index (χ1v) is 6.68. The quantitative estimate of drug-likeness (QED) is 0.692. The van der Waals surface area contributed by atoms with Crippen LogP contribution in [-0.2, 0) is 4.74 Å². The SMILES string of the molecule is COC(=O)c1ccc2c([nH]c3cccc(C#N)c32)c1Br. The van der Waals surface area contributed by atoms with E-state index in [1.165, 1.54) is 7.11 Å². The summed E-state index contributed by atoms with van der Waals surface area (Å²) < 4.78 is 5.39. The Morgan fingerprint density at radius 2 is 2.15 bits per heavy atom. The molecule has 0 saturated carbocycles. The average Bonchev–Trinajstić information content (AvgIpc) is 2.86. The molecule has 0 aliphatic heterocycles. The molecule has 0 saturated heterocycles. The van der Waals surface area contributed by atoms with Crippen molar-refractivity contribution >= 4 is 43.7 Å². The number of hydrogen-bond donors (Lipinski definition) is 1. The number of ether oxygens (including phenoxy) is 1. The number of nitrogens with zero attached hydrogens (tertiary/aromatic N) is 1. The minimum Gasteiger partial charge on any atom is -0.465 e. The number of halogens is 1. The second kappa shape index (κ2) is 4.66. The van der Waals surface area contributed by atoms with Gasteiger partial charge in [-0.2, -0.15) is 5.26 Å². The Morgan fingerprint density at radius 1 is 1.35 bits per heavy atom. The van der Waals surface area contributed by atoms with Crippen LogP contribution in [0.5, 0.6) is 0 Å². The van der Waals surface area contributed by atoms with E-state index >= 15 is 0 Å². The van der Waals surface area contributed by atoms with Crippen molar-refractivity contribution < 1.29 is 9.53 Å². The van der Waals surface area contributed by atoms with E-state index in [2.05, 4.69) is 27.0 Å². The lowest BCUT2D eigenvalue weighted by Crippen LogP contribution is -2.02. The van der Waals surface area contributed by atoms with Crippen LogP contribution in [0.1, 0.15) is 15.9 Å². The standard InChI is InChI=1S/C15H9BrN2O2/c1-20-15(19)10-6-5-9-12-8(7-17)3-2-4-11(12)18-14(9)13(10)16/h2-6,18H,1H3. The molecule has 0 bridgehead atoms. The fourth-order valence-corrected chi connectivity index (χ4v) is 2.96. The Labute approximate surface area is 123 Å². The highest BCUT2D eigenvalue weighted by Crippen LogP contribution is 2.34. The lowest BCUT2D eigenvalue weighted by atomic mass is 10.1. The van der Waals surface area contributed by atoms with Crippen molar-refractivity contribution in [1.29, 1.82) is 5.26 Å². The summed E-state index contributed by atoms with van der Waals surface area (Å²) in [4.78, 5) is 14.9. The molecule has 98 valence electrons. The topological polar surface area (TPSA) is 65.9 Å². The molecular formula is C15H9BrN2O2. The van der Waals surface area contributed by atoms with Crippen LogP contribution >= 0.6 is 15.9 Å². The summed E-state index contributed by atoms with van der Waals surface area (Å²) in [6.07, 6.45) is 0. The monoisotopic (exact) mass is 328 g/mol. The third kappa shape index (κ3) is 1.69. The first kappa shape index (κ1) is 12.7. The van der Waals surface area contributed by atoms with E-state index in [4.69, 9.17) is 4.74 Å². The van der Waals surface area contributed by atoms with Gasteiger partial charge in [-0.25, -0.2) is 4.79 Å². The van der Waals surface area contributed by atoms with Crippen LogP contribution in [0, 0.1) is 11.3 Å². The van der Waals surface area contributed by atoms with Crippen molar-refractivity contribution in [3.63, 3.8) is 0 Å². The summed E-state index contributed by atoms with van der Waals surface area (Å²) in [5.74, 6) is -0.405. The summed E-state index contributed by atoms with van der Waals surface area (Å²) in [5.41, 5.74) is 2.70. The third-order valence-corrected chi connectivity index (χ3v) is 4.08. The van der Waals surface area contributed by atoms with Crippen LogP contribution in [0.3, 0.4) is 0 Å². The molecule has 0 fully saturated rings. The van der Waals surface area contributed by atoms with E-state index in [9.17, 15) is 10.1 Å². The van der Waals surface area contributed by atoms with Crippen LogP contribution in [0.25, 0.3) is 21.8 Å². The number of esters is 1. The van der Waals surface area contributed by atoms with E-state index in [-0.39, 0.29) is 0 Å². The molecule has 1 aromatic heterocycles. The molecule has 0 unspecified atom stereocenters. The average molecular weight is 329 g/mol. The number of aromatic amines is 1. The summed E-state index contributed by atoms with van der Waals surface area (Å²) in [6.45, 7) is 0. The fourth-order valence-electron chi connectivity index (χ4n) is 2.35. The van der Waals surface area contributed by atoms with Gasteiger partial charge in [0.1, 0.15) is 0 Å². The molecule has 3 rings (SSSR count). The lowest BCUT2D eigenvalue weighted by molar-refractivity contribution is 0.0600. The van der Waals surface area contributed by atoms with Gasteiger partial charge in [-0.05, 0) is 34.1 Å². The molecule has 3 aromatic rings. The van der Waals surface area contributed by atoms with E-state index in [0.29, 0.717) is 15.6 Å². The number of carbonyl (C=O) groups excluding carboxylic acids is 1. The molecule has 1 N–H and O–H groups in total. The number of aromatic nitrogens is 1. The van der Waals surface area contributed by atoms with Gasteiger partial charge >= 0.3 is 5.97 Å². The molecule has 0 atom stereocenters. The van der Waals surface area contributed by atoms with E-state index in [1.54, 1.807) is 12.1 Å². The number of nitrogens with one attached hydrogen (secondary N) is 1. The van der Waals surface area contributed by atoms with Crippen LogP contribution in [0.4, 0.5) is 0 Å². The highest BCUT2D eigenvalue weighted by molar-refractivity contribution is 9.10. The van der Waals surface area contributed by atoms with Crippen molar-refractivity contribution in [3.8, 4) is 6.07 Å². The van der Waals surface area contributed by atoms with Gasteiger partial charge in [0.25, 0.3) is 0 Å². The summed E-state index contributed by atoms with van der Waals surface area (Å²) >= 11 is 3.43. The highest BCUT2D eigenvalue weighted by atomic mass is 79.9. The first-order valence-electron chi connectivity index (χ1n) is 5.88. The molecule has 0 amide bonds. The smallest absolute Gasteiger partial charge is 0.339 e. The number of benzene rings is 2. The summed E-state index contributed by atoms with van der Waals surface area (Å²) in [7, 11) is 1.35. The predicted molar refractivity (Wildman–Crippen MR) is 79.6 cm³/mol. The zero-order valence-electron chi connectivity index (χ0n) is 10.5. The number of H-pyrrole nitrogens is 1. The summed E-state index contributed by atoms with van der Waals surface area (Å²) in [5, 5.41) is 11.0. The van der Waals surface area contributed by atoms with Crippen LogP contribution in [-0.4, -0.2) is 18.1 Å². The van der Waals surface area contributed by atoms with Crippen LogP contribution in [0.2, 0.25) is 0 Å². The normalized spacial score (nSPS) is 10.7. The van der Waals surface area contributed by atoms with Crippen molar-refractivity contribution in [2.45, 2.75) is 0 Å². The van der Waals surface area contributed by atoms with Crippen LogP contribution in [0.15, 0.2) is 34.8 Å². The van der Waals surface area contributed by atoms with E-state index < -0.39 is 5.97 Å². The van der Waals surface area contributed by atoms with Crippen molar-refractivity contribution in [2.75, 3.05) is 7.11 Å². The van der Waals surface area contributed by atoms with Crippen molar-refractivity contribution in [1.82, 2.24) is 4.98 Å². The van der Waals surface area contributed by atoms with E-state index in [0.717, 1.165) is 21.8 Å². The molecule has 2 aromatic carbocycles. The Morgan fingerprint density at radius 3 is 2.85 bits per heavy atom. The van der Waals surface area contributed by atoms with Gasteiger partial charge in [0, 0.05) is 16.3 Å². The van der Waals surface area contributed by atoms with Gasteiger partial charge in [-0.1, -0.05) is 12.1 Å². The molecule has 0 spiro atoms. The maximum atomic E-state index is 11.7. The van der Waals surface area contributed by atoms with Gasteiger partial charge in [-0.3, -0.25) is 0 Å². The Kier molecular flexibility index (Phi) is 2.96. The third-order valence-electron chi connectivity index (χ3n) is 3.26. The van der Waals surface area contributed by atoms with Gasteiger partial charge in [-0.15, -0.1) is 0 Å². The molecule has 20 heavy (non-hydrogen) atoms. The van der Waals surface area contributed by atoms with Crippen molar-refractivity contribution in [2.24, 2.45) is 0 Å². The second-order valence-corrected chi connectivity index (χ2v) is 5.10. The van der Waals surface area contributed by atoms with Gasteiger partial charge in [0.2, 0.25) is 0 Å². The zero-order valence-corrected chi connectivity index (χ0v) is 12.1. The zero-order chi connectivity index (χ0) is 14.3. The number of hydrogen-bond acceptors (Lipinski definition) is 3. The maximum absolute atomic E-state index is 11.7. The number of fused-ring (bicyclic) bond motifs is 3. The minimum atomic E-state index is -0.405. The lowest BCUT2D eigenvalue weighted by Gasteiger charge is -2.03. The van der Waals surface area contributed by atoms with E-state index in [1.807, 2.05) is 18.2 Å². The second-order valence-electron chi connectivity index (χ2n) is 4.31.